The number of hydroxylamine groups is 2. The van der Waals surface area contributed by atoms with Crippen molar-refractivity contribution in [1.82, 2.24) is 5.06 Å². The number of ketones is 1. The van der Waals surface area contributed by atoms with Crippen LogP contribution < -0.4 is 0 Å². The Hall–Kier alpha value is -2.21. The van der Waals surface area contributed by atoms with Gasteiger partial charge in [0.05, 0.1) is 12.2 Å². The van der Waals surface area contributed by atoms with Crippen LogP contribution in [0.4, 0.5) is 0 Å². The quantitative estimate of drug-likeness (QED) is 0.591. The zero-order valence-corrected chi connectivity index (χ0v) is 13.2. The Labute approximate surface area is 135 Å². The van der Waals surface area contributed by atoms with Crippen molar-refractivity contribution >= 4 is 17.7 Å². The third kappa shape index (κ3) is 4.89. The van der Waals surface area contributed by atoms with Crippen molar-refractivity contribution in [2.45, 2.75) is 38.6 Å². The zero-order valence-electron chi connectivity index (χ0n) is 13.2. The second-order valence-electron chi connectivity index (χ2n) is 5.35. The molecule has 1 aromatic carbocycles. The van der Waals surface area contributed by atoms with Crippen LogP contribution in [0.1, 0.15) is 43.0 Å². The van der Waals surface area contributed by atoms with Gasteiger partial charge in [-0.1, -0.05) is 18.2 Å². The molecule has 0 saturated carbocycles. The van der Waals surface area contributed by atoms with E-state index in [1.54, 1.807) is 31.2 Å². The molecule has 0 spiro atoms. The van der Waals surface area contributed by atoms with E-state index in [1.807, 2.05) is 6.07 Å². The zero-order chi connectivity index (χ0) is 16.7. The molecule has 1 atom stereocenters. The molecule has 0 aromatic heterocycles. The molecule has 6 heteroatoms. The topological polar surface area (TPSA) is 72.9 Å². The van der Waals surface area contributed by atoms with E-state index in [0.29, 0.717) is 18.5 Å². The number of benzene rings is 1. The Morgan fingerprint density at radius 2 is 1.91 bits per heavy atom. The van der Waals surface area contributed by atoms with Gasteiger partial charge in [-0.05, 0) is 38.3 Å². The first-order chi connectivity index (χ1) is 11.1. The van der Waals surface area contributed by atoms with Gasteiger partial charge in [-0.3, -0.25) is 9.59 Å². The van der Waals surface area contributed by atoms with E-state index in [1.165, 1.54) is 5.06 Å². The highest BCUT2D eigenvalue weighted by atomic mass is 16.7. The number of piperidine rings is 1. The van der Waals surface area contributed by atoms with Gasteiger partial charge in [0, 0.05) is 6.54 Å². The number of nitrogens with zero attached hydrogens (tertiary/aromatic N) is 1. The van der Waals surface area contributed by atoms with Crippen LogP contribution in [0.25, 0.3) is 0 Å². The van der Waals surface area contributed by atoms with Gasteiger partial charge in [0.25, 0.3) is 0 Å². The summed E-state index contributed by atoms with van der Waals surface area (Å²) in [5.74, 6) is -1.32. The fourth-order valence-corrected chi connectivity index (χ4v) is 2.54. The fraction of sp³-hybridized carbons (Fsp3) is 0.471. The van der Waals surface area contributed by atoms with Crippen LogP contribution in [0.15, 0.2) is 30.3 Å². The Morgan fingerprint density at radius 3 is 2.61 bits per heavy atom. The molecule has 0 radical (unpaired) electrons. The molecule has 1 aliphatic rings. The van der Waals surface area contributed by atoms with Crippen LogP contribution in [0, 0.1) is 0 Å². The molecule has 6 nitrogen and oxygen atoms in total. The maximum atomic E-state index is 12.3. The van der Waals surface area contributed by atoms with Crippen molar-refractivity contribution in [2.24, 2.45) is 0 Å². The number of hydrogen-bond acceptors (Lipinski definition) is 6. The van der Waals surface area contributed by atoms with Crippen LogP contribution in [0.2, 0.25) is 0 Å². The maximum absolute atomic E-state index is 12.3. The maximum Gasteiger partial charge on any atom is 0.357 e. The number of ether oxygens (including phenoxy) is 1. The predicted octanol–water partition coefficient (Wildman–Crippen LogP) is 2.14. The highest BCUT2D eigenvalue weighted by Crippen LogP contribution is 2.20. The molecule has 1 unspecified atom stereocenters. The van der Waals surface area contributed by atoms with Crippen molar-refractivity contribution in [3.8, 4) is 0 Å². The molecule has 0 N–H and O–H groups in total. The number of esters is 1. The minimum atomic E-state index is -0.583. The predicted molar refractivity (Wildman–Crippen MR) is 82.5 cm³/mol. The lowest BCUT2D eigenvalue weighted by molar-refractivity contribution is -0.167. The summed E-state index contributed by atoms with van der Waals surface area (Å²) >= 11 is 0. The first kappa shape index (κ1) is 17.1. The third-order valence-corrected chi connectivity index (χ3v) is 3.66. The van der Waals surface area contributed by atoms with Gasteiger partial charge in [0.1, 0.15) is 12.5 Å². The average molecular weight is 319 g/mol. The smallest absolute Gasteiger partial charge is 0.357 e. The van der Waals surface area contributed by atoms with E-state index in [2.05, 4.69) is 0 Å². The van der Waals surface area contributed by atoms with E-state index >= 15 is 0 Å². The molecule has 0 amide bonds. The van der Waals surface area contributed by atoms with Crippen LogP contribution in [0.3, 0.4) is 0 Å². The second-order valence-corrected chi connectivity index (χ2v) is 5.35. The van der Waals surface area contributed by atoms with Crippen molar-refractivity contribution < 1.29 is 24.0 Å². The summed E-state index contributed by atoms with van der Waals surface area (Å²) in [7, 11) is 0. The summed E-state index contributed by atoms with van der Waals surface area (Å²) < 4.78 is 4.80. The van der Waals surface area contributed by atoms with Gasteiger partial charge in [0.15, 0.2) is 5.78 Å². The molecule has 1 aromatic rings. The molecule has 0 bridgehead atoms. The van der Waals surface area contributed by atoms with Crippen LogP contribution in [0.5, 0.6) is 0 Å². The Kier molecular flexibility index (Phi) is 6.29. The Balaban J connectivity index is 1.99. The first-order valence-electron chi connectivity index (χ1n) is 7.84. The molecular formula is C17H21NO5. The Morgan fingerprint density at radius 1 is 1.17 bits per heavy atom. The number of carbonyl (C=O) groups is 3. The molecule has 2 rings (SSSR count). The van der Waals surface area contributed by atoms with Crippen molar-refractivity contribution in [3.63, 3.8) is 0 Å². The van der Waals surface area contributed by atoms with Crippen molar-refractivity contribution in [2.75, 3.05) is 13.2 Å². The lowest BCUT2D eigenvalue weighted by Gasteiger charge is -2.32. The second kappa shape index (κ2) is 8.43. The molecule has 1 fully saturated rings. The van der Waals surface area contributed by atoms with Crippen molar-refractivity contribution in [1.29, 1.82) is 0 Å². The monoisotopic (exact) mass is 319 g/mol. The van der Waals surface area contributed by atoms with E-state index in [-0.39, 0.29) is 18.8 Å². The summed E-state index contributed by atoms with van der Waals surface area (Å²) in [6, 6.07) is 8.03. The highest BCUT2D eigenvalue weighted by molar-refractivity contribution is 5.98. The number of Topliss-reactive ketones (excluding diaryl/α,β-unsaturated/α-hetero) is 1. The van der Waals surface area contributed by atoms with E-state index < -0.39 is 18.0 Å². The molecule has 1 aliphatic heterocycles. The van der Waals surface area contributed by atoms with Gasteiger partial charge < -0.3 is 9.57 Å². The lowest BCUT2D eigenvalue weighted by atomic mass is 9.99. The van der Waals surface area contributed by atoms with Gasteiger partial charge in [-0.15, -0.1) is 5.06 Å². The summed E-state index contributed by atoms with van der Waals surface area (Å²) in [6.45, 7) is 2.41. The van der Waals surface area contributed by atoms with Crippen LogP contribution in [-0.2, 0) is 19.2 Å². The molecule has 1 saturated heterocycles. The molecule has 1 heterocycles. The normalized spacial score (nSPS) is 18.2. The van der Waals surface area contributed by atoms with E-state index in [9.17, 15) is 14.4 Å². The number of carbonyl (C=O) groups excluding carboxylic acids is 3. The number of rotatable bonds is 6. The molecular weight excluding hydrogens is 298 g/mol. The third-order valence-electron chi connectivity index (χ3n) is 3.66. The standard InChI is InChI=1S/C17H21NO5/c1-2-22-16(20)12-15(19)14-10-6-7-11-18(14)23-17(21)13-8-4-3-5-9-13/h3-5,8-9,14H,2,6-7,10-12H2,1H3. The van der Waals surface area contributed by atoms with E-state index in [0.717, 1.165) is 12.8 Å². The summed E-state index contributed by atoms with van der Waals surface area (Å²) in [4.78, 5) is 41.3. The van der Waals surface area contributed by atoms with Gasteiger partial charge in [-0.2, -0.15) is 0 Å². The number of hydrogen-bond donors (Lipinski definition) is 0. The molecule has 124 valence electrons. The minimum Gasteiger partial charge on any atom is -0.466 e. The summed E-state index contributed by atoms with van der Waals surface area (Å²) in [5.41, 5.74) is 0.426. The van der Waals surface area contributed by atoms with Gasteiger partial charge in [-0.25, -0.2) is 4.79 Å². The van der Waals surface area contributed by atoms with Crippen LogP contribution in [-0.4, -0.2) is 42.0 Å². The fourth-order valence-electron chi connectivity index (χ4n) is 2.54. The largest absolute Gasteiger partial charge is 0.466 e. The summed E-state index contributed by atoms with van der Waals surface area (Å²) in [5, 5.41) is 1.40. The SMILES string of the molecule is CCOC(=O)CC(=O)C1CCCCN1OC(=O)c1ccccc1. The van der Waals surface area contributed by atoms with Gasteiger partial charge >= 0.3 is 11.9 Å². The molecule has 0 aliphatic carbocycles. The Bertz CT molecular complexity index is 557. The van der Waals surface area contributed by atoms with E-state index in [4.69, 9.17) is 9.57 Å². The average Bonchev–Trinajstić information content (AvgIpc) is 2.56. The summed E-state index contributed by atoms with van der Waals surface area (Å²) in [6.07, 6.45) is 1.97. The lowest BCUT2D eigenvalue weighted by Crippen LogP contribution is -2.46. The highest BCUT2D eigenvalue weighted by Gasteiger charge is 2.33. The minimum absolute atomic E-state index is 0.240. The van der Waals surface area contributed by atoms with Crippen molar-refractivity contribution in [3.05, 3.63) is 35.9 Å². The first-order valence-corrected chi connectivity index (χ1v) is 7.84. The molecule has 23 heavy (non-hydrogen) atoms. The van der Waals surface area contributed by atoms with Gasteiger partial charge in [0.2, 0.25) is 0 Å². The van der Waals surface area contributed by atoms with Crippen LogP contribution >= 0.6 is 0 Å².